The Balaban J connectivity index is 2.34. The zero-order valence-electron chi connectivity index (χ0n) is 12.9. The quantitative estimate of drug-likeness (QED) is 0.809. The maximum Gasteiger partial charge on any atom is 0.435 e. The first-order chi connectivity index (χ1) is 10.8. The molecule has 0 aliphatic carbocycles. The Morgan fingerprint density at radius 3 is 2.74 bits per heavy atom. The lowest BCUT2D eigenvalue weighted by Gasteiger charge is -2.08. The molecule has 1 amide bonds. The predicted octanol–water partition coefficient (Wildman–Crippen LogP) is 3.85. The summed E-state index contributed by atoms with van der Waals surface area (Å²) >= 11 is 1.43. The van der Waals surface area contributed by atoms with E-state index in [0.717, 1.165) is 17.7 Å². The zero-order chi connectivity index (χ0) is 17.0. The van der Waals surface area contributed by atoms with Crippen molar-refractivity contribution in [3.63, 3.8) is 0 Å². The highest BCUT2D eigenvalue weighted by Gasteiger charge is 2.40. The Labute approximate surface area is 136 Å². The molecule has 0 fully saturated rings. The Bertz CT molecular complexity index is 662. The monoisotopic (exact) mass is 345 g/mol. The van der Waals surface area contributed by atoms with Gasteiger partial charge in [-0.3, -0.25) is 9.48 Å². The molecule has 0 aliphatic heterocycles. The average molecular weight is 345 g/mol. The van der Waals surface area contributed by atoms with E-state index in [9.17, 15) is 18.0 Å². The molecule has 8 heteroatoms. The van der Waals surface area contributed by atoms with Crippen molar-refractivity contribution in [3.05, 3.63) is 39.3 Å². The maximum absolute atomic E-state index is 13.2. The van der Waals surface area contributed by atoms with Crippen LogP contribution in [0.1, 0.15) is 46.4 Å². The molecular formula is C15H18F3N3OS. The first kappa shape index (κ1) is 17.5. The number of carbonyl (C=O) groups excluding carboxylic acids is 1. The molecular weight excluding hydrogens is 327 g/mol. The predicted molar refractivity (Wildman–Crippen MR) is 82.6 cm³/mol. The number of amides is 1. The van der Waals surface area contributed by atoms with E-state index in [2.05, 4.69) is 10.4 Å². The smallest absolute Gasteiger partial charge is 0.352 e. The molecule has 0 saturated heterocycles. The number of rotatable bonds is 6. The van der Waals surface area contributed by atoms with Gasteiger partial charge in [-0.15, -0.1) is 11.3 Å². The van der Waals surface area contributed by atoms with Gasteiger partial charge in [-0.2, -0.15) is 18.3 Å². The van der Waals surface area contributed by atoms with Crippen LogP contribution in [0.15, 0.2) is 17.5 Å². The molecule has 2 aromatic heterocycles. The minimum absolute atomic E-state index is 0.217. The molecule has 0 saturated carbocycles. The van der Waals surface area contributed by atoms with Crippen LogP contribution in [-0.2, 0) is 12.7 Å². The van der Waals surface area contributed by atoms with E-state index in [1.165, 1.54) is 22.9 Å². The Morgan fingerprint density at radius 2 is 2.17 bits per heavy atom. The van der Waals surface area contributed by atoms with Gasteiger partial charge in [0.05, 0.1) is 12.1 Å². The molecule has 2 heterocycles. The topological polar surface area (TPSA) is 46.9 Å². The van der Waals surface area contributed by atoms with Gasteiger partial charge in [0.2, 0.25) is 0 Å². The van der Waals surface area contributed by atoms with Crippen molar-refractivity contribution in [2.75, 3.05) is 6.54 Å². The van der Waals surface area contributed by atoms with Crippen LogP contribution in [0.5, 0.6) is 0 Å². The fraction of sp³-hybridized carbons (Fsp3) is 0.467. The van der Waals surface area contributed by atoms with Crippen molar-refractivity contribution in [2.45, 2.75) is 39.4 Å². The van der Waals surface area contributed by atoms with Crippen LogP contribution in [0.3, 0.4) is 0 Å². The molecule has 4 nitrogen and oxygen atoms in total. The van der Waals surface area contributed by atoms with E-state index in [-0.39, 0.29) is 17.8 Å². The molecule has 2 aromatic rings. The number of aromatic nitrogens is 2. The Hall–Kier alpha value is -1.83. The molecule has 23 heavy (non-hydrogen) atoms. The number of alkyl halides is 3. The second-order valence-corrected chi connectivity index (χ2v) is 6.19. The molecule has 0 aliphatic rings. The first-order valence-corrected chi connectivity index (χ1v) is 8.17. The highest BCUT2D eigenvalue weighted by molar-refractivity contribution is 7.09. The average Bonchev–Trinajstić information content (AvgIpc) is 3.08. The van der Waals surface area contributed by atoms with Gasteiger partial charge in [-0.05, 0) is 24.8 Å². The summed E-state index contributed by atoms with van der Waals surface area (Å²) < 4.78 is 40.9. The number of halogens is 3. The minimum atomic E-state index is -4.66. The van der Waals surface area contributed by atoms with Gasteiger partial charge in [0, 0.05) is 17.1 Å². The number of hydrogen-bond acceptors (Lipinski definition) is 3. The van der Waals surface area contributed by atoms with Gasteiger partial charge in [-0.1, -0.05) is 19.4 Å². The van der Waals surface area contributed by atoms with E-state index in [1.807, 2.05) is 24.4 Å². The van der Waals surface area contributed by atoms with Crippen molar-refractivity contribution in [2.24, 2.45) is 0 Å². The van der Waals surface area contributed by atoms with Gasteiger partial charge >= 0.3 is 6.18 Å². The fourth-order valence-electron chi connectivity index (χ4n) is 2.19. The lowest BCUT2D eigenvalue weighted by atomic mass is 10.1. The molecule has 0 radical (unpaired) electrons. The highest BCUT2D eigenvalue weighted by atomic mass is 32.1. The summed E-state index contributed by atoms with van der Waals surface area (Å²) in [4.78, 5) is 13.0. The third kappa shape index (κ3) is 4.13. The van der Waals surface area contributed by atoms with E-state index in [0.29, 0.717) is 6.54 Å². The van der Waals surface area contributed by atoms with Crippen molar-refractivity contribution in [1.29, 1.82) is 0 Å². The van der Waals surface area contributed by atoms with Gasteiger partial charge < -0.3 is 5.32 Å². The van der Waals surface area contributed by atoms with E-state index in [4.69, 9.17) is 0 Å². The second-order valence-electron chi connectivity index (χ2n) is 5.15. The molecule has 0 atom stereocenters. The largest absolute Gasteiger partial charge is 0.435 e. The van der Waals surface area contributed by atoms with Crippen LogP contribution >= 0.6 is 11.3 Å². The van der Waals surface area contributed by atoms with E-state index >= 15 is 0 Å². The van der Waals surface area contributed by atoms with Crippen LogP contribution in [0, 0.1) is 6.92 Å². The van der Waals surface area contributed by atoms with Gasteiger partial charge in [0.15, 0.2) is 5.69 Å². The van der Waals surface area contributed by atoms with Crippen LogP contribution in [-0.4, -0.2) is 22.2 Å². The molecule has 0 bridgehead atoms. The molecule has 1 N–H and O–H groups in total. The SMILES string of the molecule is CCCCNC(=O)c1c(C(F)(F)F)nn(Cc2cccs2)c1C. The van der Waals surface area contributed by atoms with Crippen molar-refractivity contribution in [1.82, 2.24) is 15.1 Å². The normalized spacial score (nSPS) is 11.7. The number of carbonyl (C=O) groups is 1. The van der Waals surface area contributed by atoms with Gasteiger partial charge in [-0.25, -0.2) is 0 Å². The van der Waals surface area contributed by atoms with Gasteiger partial charge in [0.25, 0.3) is 5.91 Å². The summed E-state index contributed by atoms with van der Waals surface area (Å²) in [6, 6.07) is 3.64. The van der Waals surface area contributed by atoms with Crippen LogP contribution in [0.4, 0.5) is 13.2 Å². The summed E-state index contributed by atoms with van der Waals surface area (Å²) in [5.41, 5.74) is -1.29. The van der Waals surface area contributed by atoms with Crippen molar-refractivity contribution >= 4 is 17.2 Å². The van der Waals surface area contributed by atoms with Crippen LogP contribution < -0.4 is 5.32 Å². The number of unbranched alkanes of at least 4 members (excludes halogenated alkanes) is 1. The van der Waals surface area contributed by atoms with Crippen molar-refractivity contribution in [3.8, 4) is 0 Å². The summed E-state index contributed by atoms with van der Waals surface area (Å²) in [5.74, 6) is -0.722. The highest BCUT2D eigenvalue weighted by Crippen LogP contribution is 2.32. The third-order valence-electron chi connectivity index (χ3n) is 3.40. The summed E-state index contributed by atoms with van der Waals surface area (Å²) in [5, 5.41) is 8.02. The number of nitrogens with zero attached hydrogens (tertiary/aromatic N) is 2. The summed E-state index contributed by atoms with van der Waals surface area (Å²) in [6.07, 6.45) is -3.10. The Morgan fingerprint density at radius 1 is 1.43 bits per heavy atom. The summed E-state index contributed by atoms with van der Waals surface area (Å²) in [7, 11) is 0. The van der Waals surface area contributed by atoms with E-state index in [1.54, 1.807) is 0 Å². The van der Waals surface area contributed by atoms with Gasteiger partial charge in [0.1, 0.15) is 0 Å². The third-order valence-corrected chi connectivity index (χ3v) is 4.26. The number of nitrogens with one attached hydrogen (secondary N) is 1. The van der Waals surface area contributed by atoms with E-state index < -0.39 is 17.8 Å². The second kappa shape index (κ2) is 7.16. The first-order valence-electron chi connectivity index (χ1n) is 7.29. The van der Waals surface area contributed by atoms with Crippen molar-refractivity contribution < 1.29 is 18.0 Å². The Kier molecular flexibility index (Phi) is 5.46. The molecule has 126 valence electrons. The van der Waals surface area contributed by atoms with Crippen LogP contribution in [0.2, 0.25) is 0 Å². The standard InChI is InChI=1S/C15H18F3N3OS/c1-3-4-7-19-14(22)12-10(2)21(9-11-6-5-8-23-11)20-13(12)15(16,17)18/h5-6,8H,3-4,7,9H2,1-2H3,(H,19,22). The maximum atomic E-state index is 13.2. The number of hydrogen-bond donors (Lipinski definition) is 1. The minimum Gasteiger partial charge on any atom is -0.352 e. The molecule has 0 unspecified atom stereocenters. The molecule has 2 rings (SSSR count). The van der Waals surface area contributed by atoms with Crippen LogP contribution in [0.25, 0.3) is 0 Å². The molecule has 0 aromatic carbocycles. The molecule has 0 spiro atoms. The lowest BCUT2D eigenvalue weighted by molar-refractivity contribution is -0.141. The summed E-state index contributed by atoms with van der Waals surface area (Å²) in [6.45, 7) is 4.00. The number of thiophene rings is 1. The lowest BCUT2D eigenvalue weighted by Crippen LogP contribution is -2.27. The zero-order valence-corrected chi connectivity index (χ0v) is 13.7. The fourth-order valence-corrected chi connectivity index (χ4v) is 2.87.